The Morgan fingerprint density at radius 3 is 2.69 bits per heavy atom. The summed E-state index contributed by atoms with van der Waals surface area (Å²) in [6, 6.07) is 13.0. The van der Waals surface area contributed by atoms with Crippen LogP contribution in [0.4, 0.5) is 11.4 Å². The molecule has 9 nitrogen and oxygen atoms in total. The standard InChI is InChI=1S/C22H23N5O4S/c1-14-10-18(27(29)30)19(31-2)11-17(14)23-20(28)13-32-22-25-24-21(16-8-9-16)26(22)12-15-6-4-3-5-7-15/h3-7,10-11,16H,8-9,12-13H2,1-2H3,(H,23,28). The van der Waals surface area contributed by atoms with Crippen LogP contribution in [0.3, 0.4) is 0 Å². The van der Waals surface area contributed by atoms with Gasteiger partial charge < -0.3 is 14.6 Å². The molecule has 3 aromatic rings. The van der Waals surface area contributed by atoms with E-state index in [4.69, 9.17) is 4.74 Å². The van der Waals surface area contributed by atoms with Crippen molar-refractivity contribution in [3.8, 4) is 5.75 Å². The number of ether oxygens (including phenoxy) is 1. The molecule has 1 aromatic heterocycles. The van der Waals surface area contributed by atoms with Crippen molar-refractivity contribution in [2.45, 2.75) is 37.4 Å². The van der Waals surface area contributed by atoms with Crippen LogP contribution in [0.25, 0.3) is 0 Å². The van der Waals surface area contributed by atoms with E-state index in [1.165, 1.54) is 31.0 Å². The molecule has 10 heteroatoms. The van der Waals surface area contributed by atoms with Crippen molar-refractivity contribution in [1.29, 1.82) is 0 Å². The third-order valence-corrected chi connectivity index (χ3v) is 6.17. The number of nitro groups is 1. The lowest BCUT2D eigenvalue weighted by Crippen LogP contribution is -2.16. The highest BCUT2D eigenvalue weighted by Gasteiger charge is 2.30. The number of nitro benzene ring substituents is 1. The van der Waals surface area contributed by atoms with E-state index in [1.54, 1.807) is 6.92 Å². The molecule has 2 aromatic carbocycles. The molecular weight excluding hydrogens is 430 g/mol. The van der Waals surface area contributed by atoms with Crippen molar-refractivity contribution in [3.05, 3.63) is 69.5 Å². The van der Waals surface area contributed by atoms with Gasteiger partial charge in [0.25, 0.3) is 0 Å². The number of carbonyl (C=O) groups is 1. The summed E-state index contributed by atoms with van der Waals surface area (Å²) in [5.74, 6) is 1.39. The van der Waals surface area contributed by atoms with Gasteiger partial charge in [0.15, 0.2) is 10.9 Å². The van der Waals surface area contributed by atoms with Gasteiger partial charge in [-0.05, 0) is 30.9 Å². The number of hydrogen-bond acceptors (Lipinski definition) is 7. The Hall–Kier alpha value is -3.40. The highest BCUT2D eigenvalue weighted by molar-refractivity contribution is 7.99. The van der Waals surface area contributed by atoms with Gasteiger partial charge in [0.1, 0.15) is 5.82 Å². The highest BCUT2D eigenvalue weighted by Crippen LogP contribution is 2.40. The second-order valence-corrected chi connectivity index (χ2v) is 8.56. The fourth-order valence-electron chi connectivity index (χ4n) is 3.39. The van der Waals surface area contributed by atoms with Crippen molar-refractivity contribution < 1.29 is 14.5 Å². The molecule has 0 saturated heterocycles. The largest absolute Gasteiger partial charge is 0.490 e. The first-order valence-corrected chi connectivity index (χ1v) is 11.2. The zero-order chi connectivity index (χ0) is 22.7. The van der Waals surface area contributed by atoms with Gasteiger partial charge in [0.05, 0.1) is 24.3 Å². The number of aryl methyl sites for hydroxylation is 1. The van der Waals surface area contributed by atoms with Crippen molar-refractivity contribution in [2.75, 3.05) is 18.2 Å². The molecule has 0 aliphatic heterocycles. The third-order valence-electron chi connectivity index (χ3n) is 5.20. The molecule has 1 N–H and O–H groups in total. The fraction of sp³-hybridized carbons (Fsp3) is 0.318. The molecule has 1 aliphatic carbocycles. The molecule has 1 heterocycles. The number of thioether (sulfide) groups is 1. The van der Waals surface area contributed by atoms with Crippen LogP contribution in [0.5, 0.6) is 5.75 Å². The molecule has 0 bridgehead atoms. The molecule has 0 atom stereocenters. The van der Waals surface area contributed by atoms with Crippen LogP contribution in [-0.2, 0) is 11.3 Å². The smallest absolute Gasteiger partial charge is 0.311 e. The lowest BCUT2D eigenvalue weighted by molar-refractivity contribution is -0.385. The minimum atomic E-state index is -0.510. The van der Waals surface area contributed by atoms with E-state index in [1.807, 2.05) is 18.2 Å². The van der Waals surface area contributed by atoms with Crippen LogP contribution in [0.1, 0.15) is 35.7 Å². The van der Waals surface area contributed by atoms with E-state index in [0.29, 0.717) is 28.9 Å². The number of nitrogens with zero attached hydrogens (tertiary/aromatic N) is 4. The number of rotatable bonds is 9. The third kappa shape index (κ3) is 4.91. The molecular formula is C22H23N5O4S. The van der Waals surface area contributed by atoms with E-state index in [2.05, 4.69) is 32.2 Å². The van der Waals surface area contributed by atoms with Crippen LogP contribution >= 0.6 is 11.8 Å². The van der Waals surface area contributed by atoms with Crippen LogP contribution in [0, 0.1) is 17.0 Å². The first-order chi connectivity index (χ1) is 15.5. The van der Waals surface area contributed by atoms with E-state index in [-0.39, 0.29) is 23.1 Å². The minimum absolute atomic E-state index is 0.0974. The molecule has 166 valence electrons. The second-order valence-electron chi connectivity index (χ2n) is 7.62. The SMILES string of the molecule is COc1cc(NC(=O)CSc2nnc(C3CC3)n2Cc2ccccc2)c(C)cc1[N+](=O)[O-]. The zero-order valence-electron chi connectivity index (χ0n) is 17.8. The minimum Gasteiger partial charge on any atom is -0.490 e. The van der Waals surface area contributed by atoms with Gasteiger partial charge in [-0.2, -0.15) is 0 Å². The molecule has 1 aliphatic rings. The average molecular weight is 454 g/mol. The Labute approximate surface area is 189 Å². The molecule has 0 spiro atoms. The first-order valence-electron chi connectivity index (χ1n) is 10.2. The van der Waals surface area contributed by atoms with Crippen molar-refractivity contribution in [3.63, 3.8) is 0 Å². The van der Waals surface area contributed by atoms with Gasteiger partial charge >= 0.3 is 5.69 Å². The number of methoxy groups -OCH3 is 1. The van der Waals surface area contributed by atoms with Crippen LogP contribution < -0.4 is 10.1 Å². The number of nitrogens with one attached hydrogen (secondary N) is 1. The number of hydrogen-bond donors (Lipinski definition) is 1. The van der Waals surface area contributed by atoms with E-state index in [9.17, 15) is 14.9 Å². The number of amides is 1. The quantitative estimate of drug-likeness (QED) is 0.294. The number of carbonyl (C=O) groups excluding carboxylic acids is 1. The Kier molecular flexibility index (Phi) is 6.40. The predicted octanol–water partition coefficient (Wildman–Crippen LogP) is 4.16. The zero-order valence-corrected chi connectivity index (χ0v) is 18.6. The lowest BCUT2D eigenvalue weighted by atomic mass is 10.1. The maximum absolute atomic E-state index is 12.6. The molecule has 0 radical (unpaired) electrons. The van der Waals surface area contributed by atoms with Gasteiger partial charge in [-0.25, -0.2) is 0 Å². The van der Waals surface area contributed by atoms with Gasteiger partial charge in [0.2, 0.25) is 5.91 Å². The second kappa shape index (κ2) is 9.39. The van der Waals surface area contributed by atoms with Gasteiger partial charge in [-0.1, -0.05) is 42.1 Å². The normalized spacial score (nSPS) is 13.1. The molecule has 4 rings (SSSR count). The van der Waals surface area contributed by atoms with Crippen LogP contribution in [0.2, 0.25) is 0 Å². The maximum atomic E-state index is 12.6. The first kappa shape index (κ1) is 21.8. The number of aromatic nitrogens is 3. The Bertz CT molecular complexity index is 1140. The summed E-state index contributed by atoms with van der Waals surface area (Å²) in [6.07, 6.45) is 2.22. The van der Waals surface area contributed by atoms with E-state index < -0.39 is 4.92 Å². The monoisotopic (exact) mass is 453 g/mol. The Morgan fingerprint density at radius 1 is 1.28 bits per heavy atom. The Balaban J connectivity index is 1.46. The Morgan fingerprint density at radius 2 is 2.03 bits per heavy atom. The summed E-state index contributed by atoms with van der Waals surface area (Å²) >= 11 is 1.32. The maximum Gasteiger partial charge on any atom is 0.311 e. The number of anilines is 1. The summed E-state index contributed by atoms with van der Waals surface area (Å²) < 4.78 is 7.19. The average Bonchev–Trinajstić information content (AvgIpc) is 3.55. The lowest BCUT2D eigenvalue weighted by Gasteiger charge is -2.12. The number of benzene rings is 2. The van der Waals surface area contributed by atoms with Crippen molar-refractivity contribution in [2.24, 2.45) is 0 Å². The van der Waals surface area contributed by atoms with E-state index >= 15 is 0 Å². The van der Waals surface area contributed by atoms with Crippen molar-refractivity contribution >= 4 is 29.0 Å². The van der Waals surface area contributed by atoms with Crippen molar-refractivity contribution in [1.82, 2.24) is 14.8 Å². The molecule has 1 saturated carbocycles. The van der Waals surface area contributed by atoms with E-state index in [0.717, 1.165) is 24.2 Å². The summed E-state index contributed by atoms with van der Waals surface area (Å²) in [4.78, 5) is 23.3. The summed E-state index contributed by atoms with van der Waals surface area (Å²) in [5, 5.41) is 23.4. The summed E-state index contributed by atoms with van der Waals surface area (Å²) in [6.45, 7) is 2.36. The van der Waals surface area contributed by atoms with Crippen LogP contribution in [0.15, 0.2) is 47.6 Å². The highest BCUT2D eigenvalue weighted by atomic mass is 32.2. The molecule has 1 fully saturated rings. The van der Waals surface area contributed by atoms with Gasteiger partial charge in [0, 0.05) is 23.7 Å². The molecule has 32 heavy (non-hydrogen) atoms. The predicted molar refractivity (Wildman–Crippen MR) is 121 cm³/mol. The van der Waals surface area contributed by atoms with Gasteiger partial charge in [-0.3, -0.25) is 14.9 Å². The van der Waals surface area contributed by atoms with Gasteiger partial charge in [-0.15, -0.1) is 10.2 Å². The topological polar surface area (TPSA) is 112 Å². The fourth-order valence-corrected chi connectivity index (χ4v) is 4.14. The summed E-state index contributed by atoms with van der Waals surface area (Å²) in [7, 11) is 1.36. The summed E-state index contributed by atoms with van der Waals surface area (Å²) in [5.41, 5.74) is 2.06. The molecule has 1 amide bonds. The molecule has 0 unspecified atom stereocenters. The van der Waals surface area contributed by atoms with Crippen LogP contribution in [-0.4, -0.2) is 38.5 Å².